The first kappa shape index (κ1) is 15.7. The van der Waals surface area contributed by atoms with Crippen molar-refractivity contribution in [1.82, 2.24) is 4.98 Å². The lowest BCUT2D eigenvalue weighted by Gasteiger charge is -2.03. The van der Waals surface area contributed by atoms with Crippen LogP contribution in [0.5, 0.6) is 0 Å². The molecule has 3 N–H and O–H groups in total. The van der Waals surface area contributed by atoms with Crippen molar-refractivity contribution in [1.29, 1.82) is 0 Å². The molecule has 21 heavy (non-hydrogen) atoms. The van der Waals surface area contributed by atoms with E-state index in [0.717, 1.165) is 10.2 Å². The van der Waals surface area contributed by atoms with Gasteiger partial charge in [-0.2, -0.15) is 0 Å². The summed E-state index contributed by atoms with van der Waals surface area (Å²) in [4.78, 5) is 16.1. The summed E-state index contributed by atoms with van der Waals surface area (Å²) in [5.41, 5.74) is 7.25. The second-order valence-corrected chi connectivity index (χ2v) is 5.53. The fourth-order valence-corrected chi connectivity index (χ4v) is 2.69. The smallest absolute Gasteiger partial charge is 0.226 e. The molecule has 0 aliphatic rings. The van der Waals surface area contributed by atoms with E-state index >= 15 is 0 Å². The highest BCUT2D eigenvalue weighted by Gasteiger charge is 2.07. The van der Waals surface area contributed by atoms with Crippen LogP contribution in [-0.4, -0.2) is 37.8 Å². The first-order chi connectivity index (χ1) is 10.2. The van der Waals surface area contributed by atoms with E-state index in [1.807, 2.05) is 12.1 Å². The summed E-state index contributed by atoms with van der Waals surface area (Å²) in [5.74, 6) is -0.0580. The van der Waals surface area contributed by atoms with Gasteiger partial charge in [0, 0.05) is 25.8 Å². The molecular weight excluding hydrogens is 290 g/mol. The average molecular weight is 309 g/mol. The Morgan fingerprint density at radius 1 is 1.38 bits per heavy atom. The molecule has 0 atom stereocenters. The highest BCUT2D eigenvalue weighted by molar-refractivity contribution is 7.22. The second-order valence-electron chi connectivity index (χ2n) is 4.50. The van der Waals surface area contributed by atoms with E-state index in [1.165, 1.54) is 11.3 Å². The van der Waals surface area contributed by atoms with E-state index in [0.29, 0.717) is 43.5 Å². The molecule has 7 heteroatoms. The number of benzene rings is 1. The predicted molar refractivity (Wildman–Crippen MR) is 84.6 cm³/mol. The van der Waals surface area contributed by atoms with Gasteiger partial charge >= 0.3 is 0 Å². The van der Waals surface area contributed by atoms with Crippen LogP contribution in [0.4, 0.5) is 10.8 Å². The van der Waals surface area contributed by atoms with E-state index in [1.54, 1.807) is 13.2 Å². The number of nitrogens with two attached hydrogens (primary N) is 1. The molecule has 0 bridgehead atoms. The van der Waals surface area contributed by atoms with Crippen LogP contribution in [0.25, 0.3) is 10.2 Å². The maximum atomic E-state index is 11.8. The Balaban J connectivity index is 1.76. The predicted octanol–water partition coefficient (Wildman–Crippen LogP) is 2.26. The quantitative estimate of drug-likeness (QED) is 0.577. The number of thiazole rings is 1. The van der Waals surface area contributed by atoms with Gasteiger partial charge in [0.05, 0.1) is 23.4 Å². The van der Waals surface area contributed by atoms with E-state index in [9.17, 15) is 4.79 Å². The Morgan fingerprint density at radius 2 is 2.24 bits per heavy atom. The van der Waals surface area contributed by atoms with Crippen LogP contribution in [0.3, 0.4) is 0 Å². The van der Waals surface area contributed by atoms with Gasteiger partial charge in [0.25, 0.3) is 0 Å². The number of rotatable bonds is 8. The number of fused-ring (bicyclic) bond motifs is 1. The SMILES string of the molecule is COCCOCCCC(=O)Nc1nc2ccc(N)cc2s1. The van der Waals surface area contributed by atoms with Crippen molar-refractivity contribution < 1.29 is 14.3 Å². The number of nitrogen functional groups attached to an aromatic ring is 1. The van der Waals surface area contributed by atoms with Gasteiger partial charge in [-0.15, -0.1) is 0 Å². The summed E-state index contributed by atoms with van der Waals surface area (Å²) in [6, 6.07) is 5.50. The number of amides is 1. The molecule has 0 radical (unpaired) electrons. The van der Waals surface area contributed by atoms with E-state index in [-0.39, 0.29) is 5.91 Å². The van der Waals surface area contributed by atoms with Crippen LogP contribution in [0.1, 0.15) is 12.8 Å². The van der Waals surface area contributed by atoms with Gasteiger partial charge in [0.1, 0.15) is 0 Å². The van der Waals surface area contributed by atoms with Gasteiger partial charge in [-0.05, 0) is 24.6 Å². The number of ether oxygens (including phenoxy) is 2. The summed E-state index contributed by atoms with van der Waals surface area (Å²) in [6.07, 6.45) is 1.08. The zero-order valence-electron chi connectivity index (χ0n) is 11.9. The number of carbonyl (C=O) groups excluding carboxylic acids is 1. The minimum absolute atomic E-state index is 0.0580. The zero-order valence-corrected chi connectivity index (χ0v) is 12.7. The minimum Gasteiger partial charge on any atom is -0.399 e. The fraction of sp³-hybridized carbons (Fsp3) is 0.429. The molecule has 0 fully saturated rings. The standard InChI is InChI=1S/C14H19N3O3S/c1-19-7-8-20-6-2-3-13(18)17-14-16-11-5-4-10(15)9-12(11)21-14/h4-5,9H,2-3,6-8,15H2,1H3,(H,16,17,18). The molecule has 0 spiro atoms. The normalized spacial score (nSPS) is 10.9. The number of methoxy groups -OCH3 is 1. The molecule has 0 saturated carbocycles. The summed E-state index contributed by atoms with van der Waals surface area (Å²) in [6.45, 7) is 1.67. The number of nitrogens with one attached hydrogen (secondary N) is 1. The van der Waals surface area contributed by atoms with Crippen LogP contribution >= 0.6 is 11.3 Å². The maximum absolute atomic E-state index is 11.8. The van der Waals surface area contributed by atoms with Crippen LogP contribution in [0.2, 0.25) is 0 Å². The third kappa shape index (κ3) is 4.96. The van der Waals surface area contributed by atoms with Crippen molar-refractivity contribution in [3.8, 4) is 0 Å². The zero-order chi connectivity index (χ0) is 15.1. The summed E-state index contributed by atoms with van der Waals surface area (Å²) in [7, 11) is 1.63. The van der Waals surface area contributed by atoms with Gasteiger partial charge < -0.3 is 20.5 Å². The first-order valence-electron chi connectivity index (χ1n) is 6.71. The van der Waals surface area contributed by atoms with E-state index < -0.39 is 0 Å². The number of hydrogen-bond acceptors (Lipinski definition) is 6. The van der Waals surface area contributed by atoms with Crippen LogP contribution in [0, 0.1) is 0 Å². The Kier molecular flexibility index (Phi) is 5.91. The third-order valence-corrected chi connectivity index (χ3v) is 3.72. The van der Waals surface area contributed by atoms with Gasteiger partial charge in [-0.25, -0.2) is 4.98 Å². The van der Waals surface area contributed by atoms with Crippen molar-refractivity contribution in [2.24, 2.45) is 0 Å². The molecular formula is C14H19N3O3S. The minimum atomic E-state index is -0.0580. The number of aromatic nitrogens is 1. The number of nitrogens with zero attached hydrogens (tertiary/aromatic N) is 1. The second kappa shape index (κ2) is 7.92. The highest BCUT2D eigenvalue weighted by atomic mass is 32.1. The Morgan fingerprint density at radius 3 is 3.05 bits per heavy atom. The molecule has 2 rings (SSSR count). The Bertz CT molecular complexity index is 600. The van der Waals surface area contributed by atoms with Gasteiger partial charge in [-0.1, -0.05) is 11.3 Å². The molecule has 0 saturated heterocycles. The monoisotopic (exact) mass is 309 g/mol. The Hall–Kier alpha value is -1.70. The lowest BCUT2D eigenvalue weighted by atomic mass is 10.3. The third-order valence-electron chi connectivity index (χ3n) is 2.78. The number of anilines is 2. The molecule has 0 aliphatic heterocycles. The average Bonchev–Trinajstić information content (AvgIpc) is 2.83. The van der Waals surface area contributed by atoms with Crippen molar-refractivity contribution >= 4 is 38.3 Å². The van der Waals surface area contributed by atoms with E-state index in [2.05, 4.69) is 10.3 Å². The lowest BCUT2D eigenvalue weighted by Crippen LogP contribution is -2.12. The van der Waals surface area contributed by atoms with Crippen molar-refractivity contribution in [3.05, 3.63) is 18.2 Å². The maximum Gasteiger partial charge on any atom is 0.226 e. The first-order valence-corrected chi connectivity index (χ1v) is 7.53. The molecule has 1 heterocycles. The van der Waals surface area contributed by atoms with Crippen molar-refractivity contribution in [2.75, 3.05) is 38.0 Å². The fourth-order valence-electron chi connectivity index (χ4n) is 1.76. The summed E-state index contributed by atoms with van der Waals surface area (Å²) in [5, 5.41) is 3.40. The van der Waals surface area contributed by atoms with Gasteiger partial charge in [0.2, 0.25) is 5.91 Å². The summed E-state index contributed by atoms with van der Waals surface area (Å²) >= 11 is 1.42. The molecule has 1 aromatic carbocycles. The topological polar surface area (TPSA) is 86.5 Å². The molecule has 0 aliphatic carbocycles. The van der Waals surface area contributed by atoms with Crippen molar-refractivity contribution in [2.45, 2.75) is 12.8 Å². The molecule has 1 amide bonds. The van der Waals surface area contributed by atoms with Crippen LogP contribution in [0.15, 0.2) is 18.2 Å². The molecule has 0 unspecified atom stereocenters. The van der Waals surface area contributed by atoms with Gasteiger partial charge in [-0.3, -0.25) is 4.79 Å². The molecule has 2 aromatic rings. The summed E-state index contributed by atoms with van der Waals surface area (Å²) < 4.78 is 11.1. The number of hydrogen-bond donors (Lipinski definition) is 2. The van der Waals surface area contributed by atoms with E-state index in [4.69, 9.17) is 15.2 Å². The lowest BCUT2D eigenvalue weighted by molar-refractivity contribution is -0.116. The molecule has 1 aromatic heterocycles. The largest absolute Gasteiger partial charge is 0.399 e. The van der Waals surface area contributed by atoms with Crippen LogP contribution < -0.4 is 11.1 Å². The van der Waals surface area contributed by atoms with Gasteiger partial charge in [0.15, 0.2) is 5.13 Å². The molecule has 114 valence electrons. The number of carbonyl (C=O) groups is 1. The van der Waals surface area contributed by atoms with Crippen molar-refractivity contribution in [3.63, 3.8) is 0 Å². The molecule has 6 nitrogen and oxygen atoms in total. The van der Waals surface area contributed by atoms with Crippen LogP contribution in [-0.2, 0) is 14.3 Å². The highest BCUT2D eigenvalue weighted by Crippen LogP contribution is 2.27. The Labute approximate surface area is 127 Å².